The Balaban J connectivity index is 2.22. The minimum absolute atomic E-state index is 0.949. The molecule has 1 heterocycles. The lowest BCUT2D eigenvalue weighted by molar-refractivity contribution is 0.737. The van der Waals surface area contributed by atoms with Gasteiger partial charge in [-0.1, -0.05) is 6.08 Å². The van der Waals surface area contributed by atoms with Crippen molar-refractivity contribution in [1.29, 1.82) is 0 Å². The maximum Gasteiger partial charge on any atom is 0.151 e. The fraction of sp³-hybridized carbons (Fsp3) is 0.500. The Bertz CT molecular complexity index is 248. The predicted molar refractivity (Wildman–Crippen MR) is 42.8 cm³/mol. The van der Waals surface area contributed by atoms with Crippen LogP contribution in [0, 0.1) is 0 Å². The lowest BCUT2D eigenvalue weighted by atomic mass is 9.99. The van der Waals surface area contributed by atoms with Crippen LogP contribution in [0.3, 0.4) is 0 Å². The van der Waals surface area contributed by atoms with Crippen LogP contribution < -0.4 is 0 Å². The molecule has 0 atom stereocenters. The molecule has 11 heavy (non-hydrogen) atoms. The Hall–Kier alpha value is -1.12. The molecule has 2 rings (SSSR count). The monoisotopic (exact) mass is 149 g/mol. The van der Waals surface area contributed by atoms with Crippen molar-refractivity contribution in [3.05, 3.63) is 18.2 Å². The average molecular weight is 149 g/mol. The van der Waals surface area contributed by atoms with E-state index in [9.17, 15) is 0 Å². The summed E-state index contributed by atoms with van der Waals surface area (Å²) in [5.41, 5.74) is 1.33. The Labute approximate surface area is 65.5 Å². The van der Waals surface area contributed by atoms with Gasteiger partial charge in [-0.25, -0.2) is 4.98 Å². The quantitative estimate of drug-likeness (QED) is 0.661. The summed E-state index contributed by atoms with van der Waals surface area (Å²) in [5.74, 6) is 0.949. The van der Waals surface area contributed by atoms with Crippen LogP contribution in [0.2, 0.25) is 0 Å². The summed E-state index contributed by atoms with van der Waals surface area (Å²) >= 11 is 0. The van der Waals surface area contributed by atoms with E-state index in [-0.39, 0.29) is 0 Å². The largest absolute Gasteiger partial charge is 0.260 e. The molecule has 0 radical (unpaired) electrons. The number of H-pyrrole nitrogens is 1. The van der Waals surface area contributed by atoms with Crippen LogP contribution in [0.25, 0.3) is 5.57 Å². The number of nitrogens with one attached hydrogen (secondary N) is 1. The molecule has 58 valence electrons. The molecule has 0 bridgehead atoms. The van der Waals surface area contributed by atoms with Crippen molar-refractivity contribution >= 4 is 5.57 Å². The highest BCUT2D eigenvalue weighted by molar-refractivity contribution is 5.59. The number of aromatic nitrogens is 3. The fourth-order valence-electron chi connectivity index (χ4n) is 1.41. The average Bonchev–Trinajstić information content (AvgIpc) is 2.58. The first-order valence-corrected chi connectivity index (χ1v) is 4.01. The summed E-state index contributed by atoms with van der Waals surface area (Å²) in [7, 11) is 0. The fourth-order valence-corrected chi connectivity index (χ4v) is 1.41. The van der Waals surface area contributed by atoms with E-state index in [2.05, 4.69) is 21.3 Å². The number of hydrogen-bond donors (Lipinski definition) is 1. The molecule has 0 fully saturated rings. The van der Waals surface area contributed by atoms with Gasteiger partial charge in [0.25, 0.3) is 0 Å². The molecular weight excluding hydrogens is 138 g/mol. The summed E-state index contributed by atoms with van der Waals surface area (Å²) in [4.78, 5) is 4.10. The summed E-state index contributed by atoms with van der Waals surface area (Å²) < 4.78 is 0. The van der Waals surface area contributed by atoms with Crippen LogP contribution in [0.1, 0.15) is 31.5 Å². The van der Waals surface area contributed by atoms with E-state index in [0.717, 1.165) is 12.2 Å². The van der Waals surface area contributed by atoms with Gasteiger partial charge in [-0.3, -0.25) is 5.10 Å². The first-order chi connectivity index (χ1) is 5.47. The van der Waals surface area contributed by atoms with Crippen LogP contribution in [-0.2, 0) is 0 Å². The zero-order valence-corrected chi connectivity index (χ0v) is 6.38. The summed E-state index contributed by atoms with van der Waals surface area (Å²) in [6, 6.07) is 0. The van der Waals surface area contributed by atoms with Crippen LogP contribution in [0.4, 0.5) is 0 Å². The van der Waals surface area contributed by atoms with Gasteiger partial charge < -0.3 is 0 Å². The van der Waals surface area contributed by atoms with Crippen LogP contribution in [0.15, 0.2) is 12.4 Å². The van der Waals surface area contributed by atoms with Crippen molar-refractivity contribution in [3.63, 3.8) is 0 Å². The van der Waals surface area contributed by atoms with E-state index in [1.807, 2.05) is 0 Å². The summed E-state index contributed by atoms with van der Waals surface area (Å²) in [5, 5.41) is 6.70. The first kappa shape index (κ1) is 6.58. The lowest BCUT2D eigenvalue weighted by Gasteiger charge is -2.08. The molecule has 3 heteroatoms. The van der Waals surface area contributed by atoms with Gasteiger partial charge in [0, 0.05) is 0 Å². The standard InChI is InChI=1S/C8H11N3/c1-2-4-7(5-3-1)8-9-6-10-11-8/h4,6H,1-3,5H2,(H,9,10,11). The van der Waals surface area contributed by atoms with Gasteiger partial charge >= 0.3 is 0 Å². The van der Waals surface area contributed by atoms with Gasteiger partial charge in [-0.15, -0.1) is 0 Å². The minimum atomic E-state index is 0.949. The highest BCUT2D eigenvalue weighted by Gasteiger charge is 2.07. The molecule has 1 aromatic heterocycles. The Morgan fingerprint density at radius 3 is 3.00 bits per heavy atom. The van der Waals surface area contributed by atoms with Crippen molar-refractivity contribution < 1.29 is 0 Å². The highest BCUT2D eigenvalue weighted by Crippen LogP contribution is 2.23. The topological polar surface area (TPSA) is 41.6 Å². The van der Waals surface area contributed by atoms with Crippen molar-refractivity contribution in [1.82, 2.24) is 15.2 Å². The molecule has 0 aromatic carbocycles. The van der Waals surface area contributed by atoms with E-state index in [1.165, 1.54) is 24.8 Å². The van der Waals surface area contributed by atoms with Gasteiger partial charge in [0.15, 0.2) is 5.82 Å². The van der Waals surface area contributed by atoms with Crippen molar-refractivity contribution in [2.24, 2.45) is 0 Å². The van der Waals surface area contributed by atoms with Gasteiger partial charge in [-0.2, -0.15) is 5.10 Å². The lowest BCUT2D eigenvalue weighted by Crippen LogP contribution is -1.93. The summed E-state index contributed by atoms with van der Waals surface area (Å²) in [6.07, 6.45) is 8.75. The minimum Gasteiger partial charge on any atom is -0.260 e. The normalized spacial score (nSPS) is 18.0. The molecule has 0 unspecified atom stereocenters. The zero-order valence-electron chi connectivity index (χ0n) is 6.38. The van der Waals surface area contributed by atoms with E-state index in [0.29, 0.717) is 0 Å². The van der Waals surface area contributed by atoms with E-state index in [1.54, 1.807) is 6.33 Å². The molecule has 0 spiro atoms. The van der Waals surface area contributed by atoms with Gasteiger partial charge in [0.2, 0.25) is 0 Å². The van der Waals surface area contributed by atoms with E-state index < -0.39 is 0 Å². The number of aromatic amines is 1. The second-order valence-electron chi connectivity index (χ2n) is 2.81. The van der Waals surface area contributed by atoms with Crippen LogP contribution in [0.5, 0.6) is 0 Å². The van der Waals surface area contributed by atoms with Crippen LogP contribution >= 0.6 is 0 Å². The van der Waals surface area contributed by atoms with E-state index >= 15 is 0 Å². The molecular formula is C8H11N3. The molecule has 1 aromatic rings. The van der Waals surface area contributed by atoms with E-state index in [4.69, 9.17) is 0 Å². The van der Waals surface area contributed by atoms with Gasteiger partial charge in [0.05, 0.1) is 0 Å². The maximum absolute atomic E-state index is 4.10. The van der Waals surface area contributed by atoms with Crippen LogP contribution in [-0.4, -0.2) is 15.2 Å². The summed E-state index contributed by atoms with van der Waals surface area (Å²) in [6.45, 7) is 0. The molecule has 0 saturated carbocycles. The molecule has 1 aliphatic carbocycles. The maximum atomic E-state index is 4.10. The molecule has 0 aliphatic heterocycles. The van der Waals surface area contributed by atoms with Crippen molar-refractivity contribution in [2.75, 3.05) is 0 Å². The molecule has 0 amide bonds. The third-order valence-corrected chi connectivity index (χ3v) is 2.01. The SMILES string of the molecule is C1=C(c2ncn[nH]2)CCCC1. The molecule has 0 saturated heterocycles. The Kier molecular flexibility index (Phi) is 1.71. The smallest absolute Gasteiger partial charge is 0.151 e. The molecule has 3 nitrogen and oxygen atoms in total. The second kappa shape index (κ2) is 2.86. The number of nitrogens with zero attached hydrogens (tertiary/aromatic N) is 2. The first-order valence-electron chi connectivity index (χ1n) is 4.01. The zero-order chi connectivity index (χ0) is 7.52. The Morgan fingerprint density at radius 1 is 1.36 bits per heavy atom. The predicted octanol–water partition coefficient (Wildman–Crippen LogP) is 1.76. The van der Waals surface area contributed by atoms with Crippen molar-refractivity contribution in [2.45, 2.75) is 25.7 Å². The second-order valence-corrected chi connectivity index (χ2v) is 2.81. The third-order valence-electron chi connectivity index (χ3n) is 2.01. The third kappa shape index (κ3) is 1.31. The van der Waals surface area contributed by atoms with Gasteiger partial charge in [-0.05, 0) is 31.3 Å². The number of rotatable bonds is 1. The highest BCUT2D eigenvalue weighted by atomic mass is 15.2. The molecule has 1 N–H and O–H groups in total. The Morgan fingerprint density at radius 2 is 2.36 bits per heavy atom. The van der Waals surface area contributed by atoms with Gasteiger partial charge in [0.1, 0.15) is 6.33 Å². The molecule has 1 aliphatic rings. The number of hydrogen-bond acceptors (Lipinski definition) is 2. The number of allylic oxidation sites excluding steroid dienone is 2. The van der Waals surface area contributed by atoms with Crippen molar-refractivity contribution in [3.8, 4) is 0 Å².